The lowest BCUT2D eigenvalue weighted by Crippen LogP contribution is -2.37. The van der Waals surface area contributed by atoms with Gasteiger partial charge in [-0.25, -0.2) is 8.42 Å². The zero-order valence-electron chi connectivity index (χ0n) is 8.71. The number of nitrogens with zero attached hydrogens (tertiary/aromatic N) is 1. The zero-order valence-corrected chi connectivity index (χ0v) is 10.3. The highest BCUT2D eigenvalue weighted by Crippen LogP contribution is 2.24. The van der Waals surface area contributed by atoms with Crippen LogP contribution in [0.2, 0.25) is 0 Å². The number of nitrogens with two attached hydrogens (primary N) is 2. The molecule has 90 valence electrons. The van der Waals surface area contributed by atoms with Crippen molar-refractivity contribution in [2.45, 2.75) is 11.1 Å². The maximum atomic E-state index is 12.0. The van der Waals surface area contributed by atoms with Gasteiger partial charge in [-0.05, 0) is 6.07 Å². The summed E-state index contributed by atoms with van der Waals surface area (Å²) in [6.45, 7) is 1.50. The molecule has 0 saturated heterocycles. The van der Waals surface area contributed by atoms with Gasteiger partial charge in [-0.2, -0.15) is 4.31 Å². The summed E-state index contributed by atoms with van der Waals surface area (Å²) in [6, 6.07) is 1.36. The number of amides is 1. The predicted molar refractivity (Wildman–Crippen MR) is 62.4 cm³/mol. The Bertz CT molecular complexity index is 480. The van der Waals surface area contributed by atoms with Crippen molar-refractivity contribution < 1.29 is 13.2 Å². The minimum atomic E-state index is -3.65. The van der Waals surface area contributed by atoms with Crippen LogP contribution in [0.1, 0.15) is 6.92 Å². The predicted octanol–water partition coefficient (Wildman–Crippen LogP) is -0.174. The normalized spacial score (nSPS) is 11.9. The van der Waals surface area contributed by atoms with Gasteiger partial charge in [0.1, 0.15) is 4.21 Å². The van der Waals surface area contributed by atoms with E-state index in [-0.39, 0.29) is 17.3 Å². The van der Waals surface area contributed by atoms with E-state index in [1.54, 1.807) is 6.92 Å². The molecule has 4 N–H and O–H groups in total. The number of anilines is 1. The minimum Gasteiger partial charge on any atom is -0.398 e. The Morgan fingerprint density at radius 3 is 2.56 bits per heavy atom. The number of primary amides is 1. The number of carbonyl (C=O) groups is 1. The molecule has 1 heterocycles. The van der Waals surface area contributed by atoms with Crippen molar-refractivity contribution in [2.75, 3.05) is 18.8 Å². The average molecular weight is 263 g/mol. The van der Waals surface area contributed by atoms with Crippen molar-refractivity contribution in [2.24, 2.45) is 5.73 Å². The Morgan fingerprint density at radius 2 is 2.19 bits per heavy atom. The third-order valence-electron chi connectivity index (χ3n) is 1.87. The SMILES string of the molecule is CCN(CC(N)=O)S(=O)(=O)c1cc(N)cs1. The molecule has 1 aromatic rings. The molecule has 0 aliphatic rings. The molecule has 0 spiro atoms. The molecule has 0 radical (unpaired) electrons. The van der Waals surface area contributed by atoms with E-state index < -0.39 is 15.9 Å². The second-order valence-electron chi connectivity index (χ2n) is 3.10. The molecule has 0 aliphatic carbocycles. The second-order valence-corrected chi connectivity index (χ2v) is 6.17. The van der Waals surface area contributed by atoms with Crippen molar-refractivity contribution in [3.63, 3.8) is 0 Å². The highest BCUT2D eigenvalue weighted by molar-refractivity contribution is 7.91. The molecule has 1 rings (SSSR count). The van der Waals surface area contributed by atoms with Crippen molar-refractivity contribution in [3.05, 3.63) is 11.4 Å². The summed E-state index contributed by atoms with van der Waals surface area (Å²) >= 11 is 1.02. The van der Waals surface area contributed by atoms with Crippen LogP contribution in [0.3, 0.4) is 0 Å². The fourth-order valence-electron chi connectivity index (χ4n) is 1.13. The van der Waals surface area contributed by atoms with Crippen molar-refractivity contribution in [1.82, 2.24) is 4.31 Å². The van der Waals surface area contributed by atoms with Gasteiger partial charge in [0.05, 0.1) is 6.54 Å². The van der Waals surface area contributed by atoms with Crippen LogP contribution in [-0.4, -0.2) is 31.7 Å². The summed E-state index contributed by atoms with van der Waals surface area (Å²) in [5.74, 6) is -0.685. The van der Waals surface area contributed by atoms with Crippen molar-refractivity contribution >= 4 is 33.0 Å². The van der Waals surface area contributed by atoms with Crippen LogP contribution < -0.4 is 11.5 Å². The maximum absolute atomic E-state index is 12.0. The molecule has 0 saturated carbocycles. The third-order valence-corrected chi connectivity index (χ3v) is 5.23. The third kappa shape index (κ3) is 2.71. The van der Waals surface area contributed by atoms with E-state index in [4.69, 9.17) is 11.5 Å². The molecule has 1 amide bonds. The van der Waals surface area contributed by atoms with E-state index in [1.807, 2.05) is 0 Å². The first kappa shape index (κ1) is 12.9. The summed E-state index contributed by atoms with van der Waals surface area (Å²) < 4.78 is 25.1. The summed E-state index contributed by atoms with van der Waals surface area (Å²) in [6.07, 6.45) is 0. The van der Waals surface area contributed by atoms with Gasteiger partial charge in [0.2, 0.25) is 5.91 Å². The summed E-state index contributed by atoms with van der Waals surface area (Å²) in [5, 5.41) is 1.53. The first-order valence-electron chi connectivity index (χ1n) is 4.50. The quantitative estimate of drug-likeness (QED) is 0.768. The molecule has 0 aromatic carbocycles. The number of likely N-dealkylation sites (N-methyl/N-ethyl adjacent to an activating group) is 1. The van der Waals surface area contributed by atoms with Crippen LogP contribution in [0.5, 0.6) is 0 Å². The van der Waals surface area contributed by atoms with E-state index in [1.165, 1.54) is 11.4 Å². The number of hydrogen-bond acceptors (Lipinski definition) is 5. The molecule has 0 bridgehead atoms. The second kappa shape index (κ2) is 4.81. The Labute approximate surface area is 97.9 Å². The molecule has 0 aliphatic heterocycles. The molecule has 0 unspecified atom stereocenters. The Balaban J connectivity index is 3.04. The lowest BCUT2D eigenvalue weighted by Gasteiger charge is -2.17. The summed E-state index contributed by atoms with van der Waals surface area (Å²) in [5.41, 5.74) is 10.8. The Morgan fingerprint density at radius 1 is 1.56 bits per heavy atom. The number of thiophene rings is 1. The lowest BCUT2D eigenvalue weighted by atomic mass is 10.6. The number of hydrogen-bond donors (Lipinski definition) is 2. The fourth-order valence-corrected chi connectivity index (χ4v) is 3.78. The average Bonchev–Trinajstić information content (AvgIpc) is 2.61. The van der Waals surface area contributed by atoms with Gasteiger partial charge in [-0.1, -0.05) is 6.92 Å². The van der Waals surface area contributed by atoms with E-state index >= 15 is 0 Å². The first-order valence-corrected chi connectivity index (χ1v) is 6.82. The number of nitrogen functional groups attached to an aromatic ring is 1. The van der Waals surface area contributed by atoms with E-state index in [2.05, 4.69) is 0 Å². The summed E-state index contributed by atoms with van der Waals surface area (Å²) in [4.78, 5) is 10.7. The van der Waals surface area contributed by atoms with E-state index in [0.717, 1.165) is 15.6 Å². The Hall–Kier alpha value is -1.12. The van der Waals surface area contributed by atoms with Gasteiger partial charge in [-0.3, -0.25) is 4.79 Å². The topological polar surface area (TPSA) is 106 Å². The number of sulfonamides is 1. The smallest absolute Gasteiger partial charge is 0.253 e. The molecule has 8 heteroatoms. The van der Waals surface area contributed by atoms with Crippen molar-refractivity contribution in [3.8, 4) is 0 Å². The van der Waals surface area contributed by atoms with Crippen LogP contribution >= 0.6 is 11.3 Å². The maximum Gasteiger partial charge on any atom is 0.253 e. The van der Waals surface area contributed by atoms with E-state index in [0.29, 0.717) is 5.69 Å². The zero-order chi connectivity index (χ0) is 12.3. The standard InChI is InChI=1S/C8H13N3O3S2/c1-2-11(4-7(10)12)16(13,14)8-3-6(9)5-15-8/h3,5H,2,4,9H2,1H3,(H2,10,12). The molecule has 0 atom stereocenters. The van der Waals surface area contributed by atoms with Gasteiger partial charge in [-0.15, -0.1) is 11.3 Å². The van der Waals surface area contributed by atoms with Gasteiger partial charge in [0.25, 0.3) is 10.0 Å². The van der Waals surface area contributed by atoms with E-state index in [9.17, 15) is 13.2 Å². The molecular weight excluding hydrogens is 250 g/mol. The highest BCUT2D eigenvalue weighted by Gasteiger charge is 2.25. The molecule has 16 heavy (non-hydrogen) atoms. The van der Waals surface area contributed by atoms with Gasteiger partial charge in [0.15, 0.2) is 0 Å². The largest absolute Gasteiger partial charge is 0.398 e. The number of rotatable bonds is 5. The Kier molecular flexibility index (Phi) is 3.89. The fraction of sp³-hybridized carbons (Fsp3) is 0.375. The van der Waals surface area contributed by atoms with Crippen LogP contribution in [0, 0.1) is 0 Å². The number of carbonyl (C=O) groups excluding carboxylic acids is 1. The van der Waals surface area contributed by atoms with Crippen LogP contribution in [0.4, 0.5) is 5.69 Å². The lowest BCUT2D eigenvalue weighted by molar-refractivity contribution is -0.118. The minimum absolute atomic E-state index is 0.119. The van der Waals surface area contributed by atoms with Crippen LogP contribution in [0.15, 0.2) is 15.7 Å². The van der Waals surface area contributed by atoms with Crippen LogP contribution in [-0.2, 0) is 14.8 Å². The van der Waals surface area contributed by atoms with Gasteiger partial charge >= 0.3 is 0 Å². The van der Waals surface area contributed by atoms with Crippen LogP contribution in [0.25, 0.3) is 0 Å². The van der Waals surface area contributed by atoms with Gasteiger partial charge < -0.3 is 11.5 Å². The first-order chi connectivity index (χ1) is 7.37. The molecule has 1 aromatic heterocycles. The van der Waals surface area contributed by atoms with Gasteiger partial charge in [0, 0.05) is 17.6 Å². The molecular formula is C8H13N3O3S2. The molecule has 6 nitrogen and oxygen atoms in total. The monoisotopic (exact) mass is 263 g/mol. The van der Waals surface area contributed by atoms with Crippen molar-refractivity contribution in [1.29, 1.82) is 0 Å². The molecule has 0 fully saturated rings. The highest BCUT2D eigenvalue weighted by atomic mass is 32.2. The summed E-state index contributed by atoms with van der Waals surface area (Å²) in [7, 11) is -3.65.